The smallest absolute Gasteiger partial charge is 0.269 e. The number of aliphatic hydroxyl groups excluding tert-OH is 1. The highest BCUT2D eigenvalue weighted by Gasteiger charge is 2.39. The van der Waals surface area contributed by atoms with Gasteiger partial charge in [0, 0.05) is 73.3 Å². The number of carbonyl (C=O) groups is 1. The predicted octanol–water partition coefficient (Wildman–Crippen LogP) is 5.95. The summed E-state index contributed by atoms with van der Waals surface area (Å²) in [6.07, 6.45) is -1.05. The van der Waals surface area contributed by atoms with E-state index < -0.39 is 6.29 Å². The minimum atomic E-state index is -0.654. The van der Waals surface area contributed by atoms with Gasteiger partial charge in [0.2, 0.25) is 0 Å². The molecular formula is C36H38N4O6. The Labute approximate surface area is 268 Å². The zero-order chi connectivity index (χ0) is 32.0. The fraction of sp³-hybridized carbons (Fsp3) is 0.306. The van der Waals surface area contributed by atoms with Gasteiger partial charge in [-0.25, -0.2) is 0 Å². The molecule has 0 bridgehead atoms. The van der Waals surface area contributed by atoms with E-state index in [1.807, 2.05) is 78.9 Å². The van der Waals surface area contributed by atoms with Crippen molar-refractivity contribution in [1.82, 2.24) is 4.90 Å². The topological polar surface area (TPSA) is 117 Å². The molecule has 2 aliphatic rings. The molecule has 0 aromatic heterocycles. The maximum Gasteiger partial charge on any atom is 0.269 e. The molecule has 1 amide bonds. The molecule has 4 aromatic carbocycles. The summed E-state index contributed by atoms with van der Waals surface area (Å²) >= 11 is 0. The van der Waals surface area contributed by atoms with Crippen LogP contribution in [0.5, 0.6) is 0 Å². The van der Waals surface area contributed by atoms with Gasteiger partial charge in [-0.1, -0.05) is 61.5 Å². The molecular weight excluding hydrogens is 584 g/mol. The maximum absolute atomic E-state index is 12.8. The van der Waals surface area contributed by atoms with E-state index >= 15 is 0 Å². The second-order valence-electron chi connectivity index (χ2n) is 11.8. The molecule has 6 rings (SSSR count). The molecule has 2 aliphatic heterocycles. The monoisotopic (exact) mass is 622 g/mol. The predicted molar refractivity (Wildman–Crippen MR) is 176 cm³/mol. The summed E-state index contributed by atoms with van der Waals surface area (Å²) in [7, 11) is 0. The van der Waals surface area contributed by atoms with Crippen LogP contribution in [0.4, 0.5) is 17.1 Å². The van der Waals surface area contributed by atoms with Crippen LogP contribution >= 0.6 is 0 Å². The van der Waals surface area contributed by atoms with Crippen molar-refractivity contribution in [2.45, 2.75) is 32.0 Å². The Morgan fingerprint density at radius 3 is 2.28 bits per heavy atom. The third-order valence-electron chi connectivity index (χ3n) is 8.81. The number of hydrogen-bond acceptors (Lipinski definition) is 8. The molecule has 2 saturated heterocycles. The maximum atomic E-state index is 12.8. The number of piperazine rings is 1. The standard InChI is InChI=1S/C36H38N4O6/c1-25-33(23-38-18-20-39(21-19-38)31-14-16-32(17-15-31)40(43)44)45-36(46-34(25)27-12-10-26(24-41)11-13-27)29-8-5-9-30(22-29)37-35(42)28-6-3-2-4-7-28/h2-17,22,25,33-34,36,41H,18-21,23-24H2,1H3,(H,37,42)/t25-,33+,34+,36+/m1/s1. The minimum absolute atomic E-state index is 0.0247. The molecule has 46 heavy (non-hydrogen) atoms. The van der Waals surface area contributed by atoms with Crippen LogP contribution in [0.15, 0.2) is 103 Å². The number of nitrogens with zero attached hydrogens (tertiary/aromatic N) is 3. The molecule has 0 aliphatic carbocycles. The van der Waals surface area contributed by atoms with E-state index in [4.69, 9.17) is 9.47 Å². The minimum Gasteiger partial charge on any atom is -0.392 e. The zero-order valence-corrected chi connectivity index (χ0v) is 25.7. The van der Waals surface area contributed by atoms with Crippen LogP contribution in [0.25, 0.3) is 0 Å². The Bertz CT molecular complexity index is 1620. The Morgan fingerprint density at radius 2 is 1.61 bits per heavy atom. The van der Waals surface area contributed by atoms with Gasteiger partial charge in [-0.05, 0) is 47.5 Å². The number of nitro groups is 1. The first-order valence-corrected chi connectivity index (χ1v) is 15.6. The van der Waals surface area contributed by atoms with E-state index in [1.165, 1.54) is 0 Å². The van der Waals surface area contributed by atoms with Gasteiger partial charge >= 0.3 is 0 Å². The summed E-state index contributed by atoms with van der Waals surface area (Å²) in [6.45, 7) is 6.09. The van der Waals surface area contributed by atoms with E-state index in [0.29, 0.717) is 17.8 Å². The molecule has 0 radical (unpaired) electrons. The average Bonchev–Trinajstić information content (AvgIpc) is 3.10. The fourth-order valence-corrected chi connectivity index (χ4v) is 6.11. The zero-order valence-electron chi connectivity index (χ0n) is 25.7. The van der Waals surface area contributed by atoms with Crippen LogP contribution < -0.4 is 10.2 Å². The quantitative estimate of drug-likeness (QED) is 0.174. The van der Waals surface area contributed by atoms with Crippen LogP contribution in [-0.2, 0) is 16.1 Å². The number of aliphatic hydroxyl groups is 1. The molecule has 10 heteroatoms. The van der Waals surface area contributed by atoms with Crippen LogP contribution in [0.1, 0.15) is 46.4 Å². The van der Waals surface area contributed by atoms with E-state index in [9.17, 15) is 20.0 Å². The van der Waals surface area contributed by atoms with Crippen molar-refractivity contribution < 1.29 is 24.3 Å². The second-order valence-corrected chi connectivity index (χ2v) is 11.8. The lowest BCUT2D eigenvalue weighted by Crippen LogP contribution is -2.51. The van der Waals surface area contributed by atoms with Crippen LogP contribution in [0.3, 0.4) is 0 Å². The molecule has 238 valence electrons. The summed E-state index contributed by atoms with van der Waals surface area (Å²) in [4.78, 5) is 28.2. The number of anilines is 2. The molecule has 0 spiro atoms. The number of amides is 1. The third-order valence-corrected chi connectivity index (χ3v) is 8.81. The van der Waals surface area contributed by atoms with Crippen molar-refractivity contribution in [2.24, 2.45) is 5.92 Å². The first kappa shape index (κ1) is 31.4. The van der Waals surface area contributed by atoms with E-state index in [1.54, 1.807) is 24.3 Å². The van der Waals surface area contributed by atoms with Crippen molar-refractivity contribution in [3.63, 3.8) is 0 Å². The Hall–Kier alpha value is -4.61. The number of carbonyl (C=O) groups excluding carboxylic acids is 1. The van der Waals surface area contributed by atoms with Crippen LogP contribution in [-0.4, -0.2) is 59.7 Å². The van der Waals surface area contributed by atoms with Crippen molar-refractivity contribution in [3.05, 3.63) is 135 Å². The van der Waals surface area contributed by atoms with Gasteiger partial charge < -0.3 is 24.8 Å². The van der Waals surface area contributed by atoms with Gasteiger partial charge in [-0.15, -0.1) is 0 Å². The number of ether oxygens (including phenoxy) is 2. The Kier molecular flexibility index (Phi) is 9.70. The van der Waals surface area contributed by atoms with Crippen LogP contribution in [0, 0.1) is 16.0 Å². The summed E-state index contributed by atoms with van der Waals surface area (Å²) in [6, 6.07) is 31.2. The first-order chi connectivity index (χ1) is 22.4. The van der Waals surface area contributed by atoms with E-state index in [-0.39, 0.29) is 41.3 Å². The number of nitro benzene ring substituents is 1. The van der Waals surface area contributed by atoms with Gasteiger partial charge in [-0.2, -0.15) is 0 Å². The fourth-order valence-electron chi connectivity index (χ4n) is 6.11. The highest BCUT2D eigenvalue weighted by molar-refractivity contribution is 6.04. The summed E-state index contributed by atoms with van der Waals surface area (Å²) in [5, 5.41) is 23.6. The summed E-state index contributed by atoms with van der Waals surface area (Å²) < 4.78 is 13.3. The average molecular weight is 623 g/mol. The van der Waals surface area contributed by atoms with Crippen molar-refractivity contribution in [2.75, 3.05) is 42.9 Å². The highest BCUT2D eigenvalue weighted by atomic mass is 16.7. The third kappa shape index (κ3) is 7.27. The number of hydrogen-bond donors (Lipinski definition) is 2. The van der Waals surface area contributed by atoms with Crippen molar-refractivity contribution in [1.29, 1.82) is 0 Å². The largest absolute Gasteiger partial charge is 0.392 e. The van der Waals surface area contributed by atoms with Gasteiger partial charge in [0.05, 0.1) is 23.7 Å². The number of nitrogens with one attached hydrogen (secondary N) is 1. The lowest BCUT2D eigenvalue weighted by Gasteiger charge is -2.44. The SMILES string of the molecule is C[C@@H]1[C@H](CN2CCN(c3ccc([N+](=O)[O-])cc3)CC2)O[C@H](c2cccc(NC(=O)c3ccccc3)c2)O[C@@H]1c1ccc(CO)cc1. The van der Waals surface area contributed by atoms with E-state index in [0.717, 1.165) is 48.6 Å². The summed E-state index contributed by atoms with van der Waals surface area (Å²) in [5.74, 6) is -0.158. The van der Waals surface area contributed by atoms with Gasteiger partial charge in [0.25, 0.3) is 11.6 Å². The molecule has 0 saturated carbocycles. The Morgan fingerprint density at radius 1 is 0.891 bits per heavy atom. The van der Waals surface area contributed by atoms with Crippen molar-refractivity contribution in [3.8, 4) is 0 Å². The van der Waals surface area contributed by atoms with Crippen molar-refractivity contribution >= 4 is 23.0 Å². The summed E-state index contributed by atoms with van der Waals surface area (Å²) in [5.41, 5.74) is 4.96. The van der Waals surface area contributed by atoms with Crippen LogP contribution in [0.2, 0.25) is 0 Å². The Balaban J connectivity index is 1.18. The van der Waals surface area contributed by atoms with Gasteiger partial charge in [0.1, 0.15) is 0 Å². The lowest BCUT2D eigenvalue weighted by atomic mass is 9.90. The molecule has 2 heterocycles. The van der Waals surface area contributed by atoms with Gasteiger partial charge in [0.15, 0.2) is 6.29 Å². The molecule has 4 atom stereocenters. The second kappa shape index (κ2) is 14.2. The molecule has 2 fully saturated rings. The molecule has 4 aromatic rings. The van der Waals surface area contributed by atoms with Gasteiger partial charge in [-0.3, -0.25) is 19.8 Å². The normalized spacial score (nSPS) is 21.9. The lowest BCUT2D eigenvalue weighted by molar-refractivity contribution is -0.384. The number of benzene rings is 4. The number of non-ortho nitro benzene ring substituents is 1. The first-order valence-electron chi connectivity index (χ1n) is 15.6. The highest BCUT2D eigenvalue weighted by Crippen LogP contribution is 2.42. The molecule has 10 nitrogen and oxygen atoms in total. The molecule has 2 N–H and O–H groups in total. The molecule has 0 unspecified atom stereocenters. The van der Waals surface area contributed by atoms with E-state index in [2.05, 4.69) is 22.0 Å². The number of rotatable bonds is 9.